The SMILES string of the molecule is CCC(C)NCc1ccc(S(C)(=O)=O)cc1. The van der Waals surface area contributed by atoms with Crippen molar-refractivity contribution < 1.29 is 8.42 Å². The summed E-state index contributed by atoms with van der Waals surface area (Å²) in [5.41, 5.74) is 1.10. The van der Waals surface area contributed by atoms with Crippen molar-refractivity contribution >= 4 is 9.84 Å². The quantitative estimate of drug-likeness (QED) is 0.857. The summed E-state index contributed by atoms with van der Waals surface area (Å²) < 4.78 is 22.5. The summed E-state index contributed by atoms with van der Waals surface area (Å²) in [7, 11) is -3.08. The minimum Gasteiger partial charge on any atom is -0.310 e. The van der Waals surface area contributed by atoms with Gasteiger partial charge in [0.25, 0.3) is 0 Å². The molecule has 0 aliphatic carbocycles. The number of rotatable bonds is 5. The van der Waals surface area contributed by atoms with Crippen molar-refractivity contribution in [3.05, 3.63) is 29.8 Å². The highest BCUT2D eigenvalue weighted by molar-refractivity contribution is 7.90. The summed E-state index contributed by atoms with van der Waals surface area (Å²) in [4.78, 5) is 0.375. The van der Waals surface area contributed by atoms with Crippen LogP contribution in [-0.4, -0.2) is 20.7 Å². The maximum absolute atomic E-state index is 11.2. The maximum Gasteiger partial charge on any atom is 0.175 e. The van der Waals surface area contributed by atoms with Crippen LogP contribution >= 0.6 is 0 Å². The molecule has 0 aromatic heterocycles. The molecule has 1 aromatic rings. The summed E-state index contributed by atoms with van der Waals surface area (Å²) >= 11 is 0. The van der Waals surface area contributed by atoms with E-state index in [2.05, 4.69) is 19.2 Å². The minimum atomic E-state index is -3.08. The molecule has 0 spiro atoms. The number of hydrogen-bond donors (Lipinski definition) is 1. The van der Waals surface area contributed by atoms with Gasteiger partial charge in [0, 0.05) is 18.8 Å². The zero-order valence-electron chi connectivity index (χ0n) is 10.0. The van der Waals surface area contributed by atoms with Gasteiger partial charge in [-0.05, 0) is 31.0 Å². The maximum atomic E-state index is 11.2. The van der Waals surface area contributed by atoms with Gasteiger partial charge in [0.15, 0.2) is 9.84 Å². The summed E-state index contributed by atoms with van der Waals surface area (Å²) in [6, 6.07) is 7.50. The fourth-order valence-electron chi connectivity index (χ4n) is 1.29. The second kappa shape index (κ2) is 5.46. The molecule has 1 aromatic carbocycles. The lowest BCUT2D eigenvalue weighted by molar-refractivity contribution is 0.534. The van der Waals surface area contributed by atoms with Crippen LogP contribution in [-0.2, 0) is 16.4 Å². The summed E-state index contributed by atoms with van der Waals surface area (Å²) in [6.07, 6.45) is 2.31. The van der Waals surface area contributed by atoms with E-state index >= 15 is 0 Å². The van der Waals surface area contributed by atoms with Gasteiger partial charge in [-0.1, -0.05) is 19.1 Å². The molecule has 0 bridgehead atoms. The van der Waals surface area contributed by atoms with E-state index in [4.69, 9.17) is 0 Å². The van der Waals surface area contributed by atoms with Gasteiger partial charge in [-0.15, -0.1) is 0 Å². The molecule has 3 nitrogen and oxygen atoms in total. The van der Waals surface area contributed by atoms with Crippen LogP contribution in [0.1, 0.15) is 25.8 Å². The Morgan fingerprint density at radius 3 is 2.25 bits per heavy atom. The normalized spacial score (nSPS) is 13.7. The second-order valence-corrected chi connectivity index (χ2v) is 6.12. The Labute approximate surface area is 97.8 Å². The van der Waals surface area contributed by atoms with Crippen molar-refractivity contribution in [1.29, 1.82) is 0 Å². The number of benzene rings is 1. The Hall–Kier alpha value is -0.870. The van der Waals surface area contributed by atoms with Crippen LogP contribution in [0.25, 0.3) is 0 Å². The molecule has 1 rings (SSSR count). The third-order valence-corrected chi connectivity index (χ3v) is 3.75. The van der Waals surface area contributed by atoms with Gasteiger partial charge in [0.2, 0.25) is 0 Å². The van der Waals surface area contributed by atoms with Crippen molar-refractivity contribution in [3.63, 3.8) is 0 Å². The van der Waals surface area contributed by atoms with Crippen LogP contribution in [0.2, 0.25) is 0 Å². The fourth-order valence-corrected chi connectivity index (χ4v) is 1.92. The molecular formula is C12H19NO2S. The molecule has 1 atom stereocenters. The topological polar surface area (TPSA) is 46.2 Å². The van der Waals surface area contributed by atoms with Gasteiger partial charge in [0.1, 0.15) is 0 Å². The average molecular weight is 241 g/mol. The number of nitrogens with one attached hydrogen (secondary N) is 1. The van der Waals surface area contributed by atoms with Crippen LogP contribution in [0.4, 0.5) is 0 Å². The molecule has 0 saturated carbocycles. The smallest absolute Gasteiger partial charge is 0.175 e. The molecule has 0 aliphatic rings. The molecule has 16 heavy (non-hydrogen) atoms. The fraction of sp³-hybridized carbons (Fsp3) is 0.500. The van der Waals surface area contributed by atoms with Gasteiger partial charge >= 0.3 is 0 Å². The average Bonchev–Trinajstić information content (AvgIpc) is 2.25. The van der Waals surface area contributed by atoms with Crippen LogP contribution in [0.15, 0.2) is 29.2 Å². The molecule has 0 fully saturated rings. The number of sulfone groups is 1. The largest absolute Gasteiger partial charge is 0.310 e. The molecule has 0 heterocycles. The van der Waals surface area contributed by atoms with Crippen LogP contribution in [0, 0.1) is 0 Å². The van der Waals surface area contributed by atoms with Crippen LogP contribution in [0.3, 0.4) is 0 Å². The van der Waals surface area contributed by atoms with Crippen LogP contribution in [0.5, 0.6) is 0 Å². The van der Waals surface area contributed by atoms with E-state index < -0.39 is 9.84 Å². The third-order valence-electron chi connectivity index (χ3n) is 2.62. The highest BCUT2D eigenvalue weighted by Crippen LogP contribution is 2.10. The Balaban J connectivity index is 2.66. The molecule has 0 saturated heterocycles. The third kappa shape index (κ3) is 3.94. The Morgan fingerprint density at radius 1 is 1.25 bits per heavy atom. The molecule has 4 heteroatoms. The molecule has 1 unspecified atom stereocenters. The van der Waals surface area contributed by atoms with Gasteiger partial charge in [-0.3, -0.25) is 0 Å². The van der Waals surface area contributed by atoms with E-state index in [0.717, 1.165) is 18.5 Å². The van der Waals surface area contributed by atoms with Crippen molar-refractivity contribution in [2.24, 2.45) is 0 Å². The Morgan fingerprint density at radius 2 is 1.81 bits per heavy atom. The molecule has 1 N–H and O–H groups in total. The first-order valence-corrected chi connectivity index (χ1v) is 7.35. The van der Waals surface area contributed by atoms with Gasteiger partial charge in [0.05, 0.1) is 4.90 Å². The zero-order chi connectivity index (χ0) is 12.2. The summed E-state index contributed by atoms with van der Waals surface area (Å²) in [5.74, 6) is 0. The second-order valence-electron chi connectivity index (χ2n) is 4.11. The molecule has 0 amide bonds. The molecule has 0 aliphatic heterocycles. The van der Waals surface area contributed by atoms with Crippen molar-refractivity contribution in [1.82, 2.24) is 5.32 Å². The predicted octanol–water partition coefficient (Wildman–Crippen LogP) is 1.98. The highest BCUT2D eigenvalue weighted by Gasteiger charge is 2.06. The first-order valence-electron chi connectivity index (χ1n) is 5.46. The monoisotopic (exact) mass is 241 g/mol. The highest BCUT2D eigenvalue weighted by atomic mass is 32.2. The first kappa shape index (κ1) is 13.2. The minimum absolute atomic E-state index is 0.375. The Kier molecular flexibility index (Phi) is 4.50. The standard InChI is InChI=1S/C12H19NO2S/c1-4-10(2)13-9-11-5-7-12(8-6-11)16(3,14)15/h5-8,10,13H,4,9H2,1-3H3. The van der Waals surface area contributed by atoms with E-state index in [1.807, 2.05) is 12.1 Å². The van der Waals surface area contributed by atoms with Crippen molar-refractivity contribution in [3.8, 4) is 0 Å². The van der Waals surface area contributed by atoms with Crippen LogP contribution < -0.4 is 5.32 Å². The van der Waals surface area contributed by atoms with E-state index in [-0.39, 0.29) is 0 Å². The molecular weight excluding hydrogens is 222 g/mol. The van der Waals surface area contributed by atoms with Gasteiger partial charge in [-0.25, -0.2) is 8.42 Å². The van der Waals surface area contributed by atoms with E-state index in [1.54, 1.807) is 12.1 Å². The first-order chi connectivity index (χ1) is 7.43. The lowest BCUT2D eigenvalue weighted by Gasteiger charge is -2.11. The van der Waals surface area contributed by atoms with Crippen molar-refractivity contribution in [2.45, 2.75) is 37.8 Å². The lowest BCUT2D eigenvalue weighted by Crippen LogP contribution is -2.24. The Bertz CT molecular complexity index is 423. The van der Waals surface area contributed by atoms with Gasteiger partial charge < -0.3 is 5.32 Å². The molecule has 0 radical (unpaired) electrons. The zero-order valence-corrected chi connectivity index (χ0v) is 10.8. The summed E-state index contributed by atoms with van der Waals surface area (Å²) in [6.45, 7) is 5.04. The number of hydrogen-bond acceptors (Lipinski definition) is 3. The van der Waals surface area contributed by atoms with E-state index in [9.17, 15) is 8.42 Å². The van der Waals surface area contributed by atoms with E-state index in [0.29, 0.717) is 10.9 Å². The molecule has 90 valence electrons. The lowest BCUT2D eigenvalue weighted by atomic mass is 10.2. The summed E-state index contributed by atoms with van der Waals surface area (Å²) in [5, 5.41) is 3.36. The van der Waals surface area contributed by atoms with Crippen molar-refractivity contribution in [2.75, 3.05) is 6.26 Å². The van der Waals surface area contributed by atoms with E-state index in [1.165, 1.54) is 6.26 Å². The predicted molar refractivity (Wildman–Crippen MR) is 66.1 cm³/mol. The van der Waals surface area contributed by atoms with Gasteiger partial charge in [-0.2, -0.15) is 0 Å².